The molecule has 0 radical (unpaired) electrons. The van der Waals surface area contributed by atoms with E-state index in [0.29, 0.717) is 28.7 Å². The Morgan fingerprint density at radius 3 is 2.68 bits per heavy atom. The van der Waals surface area contributed by atoms with Crippen molar-refractivity contribution in [3.8, 4) is 5.75 Å². The van der Waals surface area contributed by atoms with E-state index in [1.54, 1.807) is 12.1 Å². The van der Waals surface area contributed by atoms with Crippen molar-refractivity contribution in [2.45, 2.75) is 90.1 Å². The minimum atomic E-state index is -0.283. The van der Waals surface area contributed by atoms with Gasteiger partial charge in [0.2, 0.25) is 0 Å². The van der Waals surface area contributed by atoms with Gasteiger partial charge in [-0.05, 0) is 104 Å². The Morgan fingerprint density at radius 1 is 1.00 bits per heavy atom. The minimum absolute atomic E-state index is 0.283. The van der Waals surface area contributed by atoms with Gasteiger partial charge in [-0.3, -0.25) is 0 Å². The summed E-state index contributed by atoms with van der Waals surface area (Å²) >= 11 is 0. The smallest absolute Gasteiger partial charge is 0.343 e. The lowest BCUT2D eigenvalue weighted by atomic mass is 9.55. The quantitative estimate of drug-likeness (QED) is 0.230. The Hall–Kier alpha value is -2.13. The number of unbranched alkanes of at least 4 members (excludes halogenated alkanes) is 3. The lowest BCUT2D eigenvalue weighted by molar-refractivity contribution is -0.0646. The molecule has 0 N–H and O–H groups in total. The van der Waals surface area contributed by atoms with Crippen LogP contribution in [0.3, 0.4) is 0 Å². The molecule has 2 aromatic carbocycles. The van der Waals surface area contributed by atoms with Gasteiger partial charge in [-0.1, -0.05) is 57.4 Å². The second kappa shape index (κ2) is 10.2. The standard InChI is InChI=1S/C31H40O3/c1-3-4-5-9-20-33-29-17-16-28-27-14-12-23-21-24(34-30(32)22-10-7-6-8-11-22)13-15-25(23)26(27)18-19-31(28,29)2/h6-8,10-11,13,15,21,26-29H,3-5,9,12,14,16-20H2,1-2H3/t26-,27-,28+,29+,31+/m1/s1. The highest BCUT2D eigenvalue weighted by atomic mass is 16.5. The van der Waals surface area contributed by atoms with Crippen molar-refractivity contribution >= 4 is 5.97 Å². The van der Waals surface area contributed by atoms with E-state index in [0.717, 1.165) is 24.9 Å². The van der Waals surface area contributed by atoms with E-state index < -0.39 is 0 Å². The molecule has 0 bridgehead atoms. The third-order valence-corrected chi connectivity index (χ3v) is 9.15. The van der Waals surface area contributed by atoms with Crippen LogP contribution in [-0.4, -0.2) is 18.7 Å². The average Bonchev–Trinajstić information content (AvgIpc) is 3.20. The number of hydrogen-bond acceptors (Lipinski definition) is 3. The number of carbonyl (C=O) groups is 1. The molecule has 182 valence electrons. The number of rotatable bonds is 8. The summed E-state index contributed by atoms with van der Waals surface area (Å²) in [6.07, 6.45) is 13.0. The van der Waals surface area contributed by atoms with Crippen LogP contribution >= 0.6 is 0 Å². The Bertz CT molecular complexity index is 983. The van der Waals surface area contributed by atoms with Crippen LogP contribution in [0.25, 0.3) is 0 Å². The molecule has 0 amide bonds. The van der Waals surface area contributed by atoms with E-state index in [-0.39, 0.29) is 5.97 Å². The number of hydrogen-bond donors (Lipinski definition) is 0. The van der Waals surface area contributed by atoms with Crippen molar-refractivity contribution in [1.82, 2.24) is 0 Å². The normalized spacial score (nSPS) is 29.7. The van der Waals surface area contributed by atoms with E-state index in [2.05, 4.69) is 26.0 Å². The number of esters is 1. The van der Waals surface area contributed by atoms with E-state index >= 15 is 0 Å². The third kappa shape index (κ3) is 4.56. The largest absolute Gasteiger partial charge is 0.423 e. The monoisotopic (exact) mass is 460 g/mol. The molecule has 0 unspecified atom stereocenters. The van der Waals surface area contributed by atoms with Crippen LogP contribution in [0.5, 0.6) is 5.75 Å². The van der Waals surface area contributed by atoms with E-state index in [1.807, 2.05) is 24.3 Å². The highest BCUT2D eigenvalue weighted by Gasteiger charge is 2.55. The molecule has 3 aliphatic rings. The predicted octanol–water partition coefficient (Wildman–Crippen LogP) is 7.73. The zero-order valence-electron chi connectivity index (χ0n) is 20.9. The number of ether oxygens (including phenoxy) is 2. The maximum Gasteiger partial charge on any atom is 0.343 e. The summed E-state index contributed by atoms with van der Waals surface area (Å²) in [5.74, 6) is 2.57. The van der Waals surface area contributed by atoms with Gasteiger partial charge < -0.3 is 9.47 Å². The average molecular weight is 461 g/mol. The number of fused-ring (bicyclic) bond motifs is 5. The van der Waals surface area contributed by atoms with Gasteiger partial charge in [0.25, 0.3) is 0 Å². The number of aryl methyl sites for hydroxylation is 1. The summed E-state index contributed by atoms with van der Waals surface area (Å²) in [6.45, 7) is 5.73. The summed E-state index contributed by atoms with van der Waals surface area (Å²) in [5, 5.41) is 0. The first-order valence-electron chi connectivity index (χ1n) is 13.6. The van der Waals surface area contributed by atoms with Gasteiger partial charge in [0.05, 0.1) is 11.7 Å². The van der Waals surface area contributed by atoms with Crippen LogP contribution in [0.1, 0.15) is 99.0 Å². The Morgan fingerprint density at radius 2 is 1.85 bits per heavy atom. The molecular weight excluding hydrogens is 420 g/mol. The second-order valence-electron chi connectivity index (χ2n) is 11.1. The van der Waals surface area contributed by atoms with Gasteiger partial charge in [-0.2, -0.15) is 0 Å². The number of carbonyl (C=O) groups excluding carboxylic acids is 1. The Kier molecular flexibility index (Phi) is 7.11. The molecule has 0 spiro atoms. The van der Waals surface area contributed by atoms with E-state index in [4.69, 9.17) is 9.47 Å². The van der Waals surface area contributed by atoms with Crippen LogP contribution in [0.4, 0.5) is 0 Å². The molecule has 2 aromatic rings. The molecule has 0 saturated heterocycles. The van der Waals surface area contributed by atoms with E-state index in [9.17, 15) is 4.79 Å². The molecule has 5 atom stereocenters. The highest BCUT2D eigenvalue weighted by molar-refractivity contribution is 5.91. The van der Waals surface area contributed by atoms with Crippen molar-refractivity contribution in [3.05, 3.63) is 65.2 Å². The third-order valence-electron chi connectivity index (χ3n) is 9.15. The predicted molar refractivity (Wildman–Crippen MR) is 136 cm³/mol. The van der Waals surface area contributed by atoms with Crippen molar-refractivity contribution in [2.75, 3.05) is 6.61 Å². The molecule has 2 fully saturated rings. The maximum absolute atomic E-state index is 12.5. The fourth-order valence-corrected chi connectivity index (χ4v) is 7.34. The van der Waals surface area contributed by atoms with Crippen LogP contribution < -0.4 is 4.74 Å². The van der Waals surface area contributed by atoms with Gasteiger partial charge in [0.1, 0.15) is 5.75 Å². The number of benzene rings is 2. The SMILES string of the molecule is CCCCCCO[C@H]1CC[C@H]2[C@@H]3CCc4cc(OC(=O)c5ccccc5)ccc4[C@H]3CC[C@]12C. The first-order chi connectivity index (χ1) is 16.6. The zero-order valence-corrected chi connectivity index (χ0v) is 20.9. The Labute approximate surface area is 205 Å². The first kappa shape index (κ1) is 23.6. The highest BCUT2D eigenvalue weighted by Crippen LogP contribution is 2.61. The molecule has 3 aliphatic carbocycles. The van der Waals surface area contributed by atoms with Crippen molar-refractivity contribution < 1.29 is 14.3 Å². The van der Waals surface area contributed by atoms with Gasteiger partial charge in [-0.15, -0.1) is 0 Å². The van der Waals surface area contributed by atoms with Gasteiger partial charge in [0, 0.05) is 6.61 Å². The van der Waals surface area contributed by atoms with Gasteiger partial charge >= 0.3 is 5.97 Å². The van der Waals surface area contributed by atoms with Crippen LogP contribution in [0, 0.1) is 17.3 Å². The zero-order chi connectivity index (χ0) is 23.5. The first-order valence-corrected chi connectivity index (χ1v) is 13.6. The second-order valence-corrected chi connectivity index (χ2v) is 11.1. The maximum atomic E-state index is 12.5. The summed E-state index contributed by atoms with van der Waals surface area (Å²) in [7, 11) is 0. The fraction of sp³-hybridized carbons (Fsp3) is 0.581. The molecule has 0 heterocycles. The lowest BCUT2D eigenvalue weighted by Gasteiger charge is -2.50. The van der Waals surface area contributed by atoms with Gasteiger partial charge in [-0.25, -0.2) is 4.79 Å². The molecule has 0 aliphatic heterocycles. The topological polar surface area (TPSA) is 35.5 Å². The summed E-state index contributed by atoms with van der Waals surface area (Å²) < 4.78 is 12.2. The fourth-order valence-electron chi connectivity index (χ4n) is 7.34. The van der Waals surface area contributed by atoms with Crippen LogP contribution in [-0.2, 0) is 11.2 Å². The van der Waals surface area contributed by atoms with Crippen LogP contribution in [0.15, 0.2) is 48.5 Å². The van der Waals surface area contributed by atoms with Crippen molar-refractivity contribution in [2.24, 2.45) is 17.3 Å². The summed E-state index contributed by atoms with van der Waals surface area (Å²) in [5.41, 5.74) is 3.82. The minimum Gasteiger partial charge on any atom is -0.423 e. The molecule has 5 rings (SSSR count). The molecule has 3 heteroatoms. The molecule has 0 aromatic heterocycles. The molecular formula is C31H40O3. The molecule has 2 saturated carbocycles. The summed E-state index contributed by atoms with van der Waals surface area (Å²) in [4.78, 5) is 12.5. The van der Waals surface area contributed by atoms with Crippen molar-refractivity contribution in [3.63, 3.8) is 0 Å². The molecule has 3 nitrogen and oxygen atoms in total. The van der Waals surface area contributed by atoms with Crippen LogP contribution in [0.2, 0.25) is 0 Å². The van der Waals surface area contributed by atoms with Gasteiger partial charge in [0.15, 0.2) is 0 Å². The summed E-state index contributed by atoms with van der Waals surface area (Å²) in [6, 6.07) is 15.6. The Balaban J connectivity index is 1.25. The molecule has 34 heavy (non-hydrogen) atoms. The van der Waals surface area contributed by atoms with Crippen molar-refractivity contribution in [1.29, 1.82) is 0 Å². The lowest BCUT2D eigenvalue weighted by Crippen LogP contribution is -2.44. The van der Waals surface area contributed by atoms with E-state index in [1.165, 1.54) is 68.9 Å².